The molecule has 1 N–H and O–H groups in total. The van der Waals surface area contributed by atoms with E-state index in [1.165, 1.54) is 12.1 Å². The molecule has 4 nitrogen and oxygen atoms in total. The van der Waals surface area contributed by atoms with Crippen molar-refractivity contribution in [3.63, 3.8) is 0 Å². The molecule has 0 fully saturated rings. The minimum atomic E-state index is -0.313. The van der Waals surface area contributed by atoms with Crippen LogP contribution in [0, 0.1) is 12.7 Å². The van der Waals surface area contributed by atoms with Gasteiger partial charge in [0, 0.05) is 23.5 Å². The van der Waals surface area contributed by atoms with E-state index in [1.54, 1.807) is 10.7 Å². The van der Waals surface area contributed by atoms with Crippen LogP contribution in [0.5, 0.6) is 0 Å². The van der Waals surface area contributed by atoms with E-state index < -0.39 is 0 Å². The molecular formula is C25H20FN3O. The zero-order valence-electron chi connectivity index (χ0n) is 16.5. The maximum Gasteiger partial charge on any atom is 0.226 e. The quantitative estimate of drug-likeness (QED) is 0.499. The zero-order valence-corrected chi connectivity index (χ0v) is 16.5. The first-order valence-corrected chi connectivity index (χ1v) is 9.91. The number of carbonyl (C=O) groups excluding carboxylic acids is 1. The number of hydrogen-bond acceptors (Lipinski definition) is 2. The van der Waals surface area contributed by atoms with Crippen molar-refractivity contribution in [2.75, 3.05) is 5.32 Å². The Morgan fingerprint density at radius 3 is 2.50 bits per heavy atom. The first-order valence-electron chi connectivity index (χ1n) is 9.91. The molecule has 1 aromatic heterocycles. The number of nitrogens with one attached hydrogen (secondary N) is 1. The third kappa shape index (κ3) is 3.18. The number of aromatic nitrogens is 2. The molecule has 1 aliphatic rings. The van der Waals surface area contributed by atoms with Crippen LogP contribution in [0.1, 0.15) is 29.0 Å². The topological polar surface area (TPSA) is 46.9 Å². The predicted octanol–water partition coefficient (Wildman–Crippen LogP) is 5.46. The minimum Gasteiger partial charge on any atom is -0.310 e. The summed E-state index contributed by atoms with van der Waals surface area (Å²) in [5, 5.41) is 7.92. The van der Waals surface area contributed by atoms with Crippen molar-refractivity contribution >= 4 is 11.7 Å². The number of fused-ring (bicyclic) bond motifs is 1. The van der Waals surface area contributed by atoms with Crippen LogP contribution < -0.4 is 5.32 Å². The Bertz CT molecular complexity index is 1230. The monoisotopic (exact) mass is 397 g/mol. The summed E-state index contributed by atoms with van der Waals surface area (Å²) < 4.78 is 15.8. The Morgan fingerprint density at radius 2 is 1.77 bits per heavy atom. The number of rotatable bonds is 3. The first kappa shape index (κ1) is 18.3. The van der Waals surface area contributed by atoms with E-state index in [9.17, 15) is 9.18 Å². The fourth-order valence-electron chi connectivity index (χ4n) is 4.04. The largest absolute Gasteiger partial charge is 0.310 e. The summed E-state index contributed by atoms with van der Waals surface area (Å²) in [7, 11) is 0. The van der Waals surface area contributed by atoms with E-state index in [-0.39, 0.29) is 24.1 Å². The van der Waals surface area contributed by atoms with Crippen molar-refractivity contribution in [2.24, 2.45) is 0 Å². The van der Waals surface area contributed by atoms with E-state index in [2.05, 4.69) is 5.32 Å². The SMILES string of the molecule is Cc1ccc(-n2nc(-c3ccccc3)c3c2NC(=O)C[C@H]3c2cccc(F)c2)cc1. The Labute approximate surface area is 174 Å². The maximum absolute atomic E-state index is 14.0. The number of aryl methyl sites for hydroxylation is 1. The molecule has 2 heterocycles. The van der Waals surface area contributed by atoms with Gasteiger partial charge < -0.3 is 5.32 Å². The van der Waals surface area contributed by atoms with Gasteiger partial charge in [0.1, 0.15) is 11.6 Å². The molecule has 1 amide bonds. The lowest BCUT2D eigenvalue weighted by Gasteiger charge is -2.25. The maximum atomic E-state index is 14.0. The molecule has 0 radical (unpaired) electrons. The summed E-state index contributed by atoms with van der Waals surface area (Å²) in [5.41, 5.74) is 5.43. The summed E-state index contributed by atoms with van der Waals surface area (Å²) in [4.78, 5) is 12.6. The van der Waals surface area contributed by atoms with Gasteiger partial charge in [0.05, 0.1) is 11.4 Å². The highest BCUT2D eigenvalue weighted by Crippen LogP contribution is 2.43. The number of amides is 1. The molecule has 0 bridgehead atoms. The second kappa shape index (κ2) is 7.26. The van der Waals surface area contributed by atoms with Crippen molar-refractivity contribution in [3.05, 3.63) is 101 Å². The second-order valence-corrected chi connectivity index (χ2v) is 7.58. The molecular weight excluding hydrogens is 377 g/mol. The zero-order chi connectivity index (χ0) is 20.7. The molecule has 4 aromatic rings. The van der Waals surface area contributed by atoms with Gasteiger partial charge in [-0.05, 0) is 36.8 Å². The highest BCUT2D eigenvalue weighted by Gasteiger charge is 2.34. The highest BCUT2D eigenvalue weighted by molar-refractivity contribution is 5.96. The lowest BCUT2D eigenvalue weighted by Crippen LogP contribution is -2.25. The minimum absolute atomic E-state index is 0.107. The Hall–Kier alpha value is -3.73. The predicted molar refractivity (Wildman–Crippen MR) is 115 cm³/mol. The molecule has 0 aliphatic carbocycles. The summed E-state index contributed by atoms with van der Waals surface area (Å²) in [5.74, 6) is -0.0566. The normalized spacial score (nSPS) is 15.5. The first-order chi connectivity index (χ1) is 14.6. The van der Waals surface area contributed by atoms with Gasteiger partial charge in [-0.2, -0.15) is 5.10 Å². The van der Waals surface area contributed by atoms with Crippen LogP contribution in [0.15, 0.2) is 78.9 Å². The van der Waals surface area contributed by atoms with Crippen LogP contribution in [0.4, 0.5) is 10.2 Å². The van der Waals surface area contributed by atoms with Crippen LogP contribution in [0.2, 0.25) is 0 Å². The molecule has 0 unspecified atom stereocenters. The van der Waals surface area contributed by atoms with Gasteiger partial charge in [-0.3, -0.25) is 4.79 Å². The fraction of sp³-hybridized carbons (Fsp3) is 0.120. The van der Waals surface area contributed by atoms with E-state index in [0.717, 1.165) is 33.6 Å². The van der Waals surface area contributed by atoms with Crippen molar-refractivity contribution < 1.29 is 9.18 Å². The highest BCUT2D eigenvalue weighted by atomic mass is 19.1. The van der Waals surface area contributed by atoms with Gasteiger partial charge >= 0.3 is 0 Å². The van der Waals surface area contributed by atoms with Crippen molar-refractivity contribution in [1.29, 1.82) is 0 Å². The summed E-state index contributed by atoms with van der Waals surface area (Å²) >= 11 is 0. The fourth-order valence-corrected chi connectivity index (χ4v) is 4.04. The molecule has 3 aromatic carbocycles. The van der Waals surface area contributed by atoms with Crippen molar-refractivity contribution in [2.45, 2.75) is 19.3 Å². The molecule has 1 atom stereocenters. The molecule has 0 saturated carbocycles. The van der Waals surface area contributed by atoms with Crippen LogP contribution in [0.25, 0.3) is 16.9 Å². The average Bonchev–Trinajstić information content (AvgIpc) is 3.13. The molecule has 30 heavy (non-hydrogen) atoms. The van der Waals surface area contributed by atoms with Gasteiger partial charge in [0.15, 0.2) is 0 Å². The van der Waals surface area contributed by atoms with Crippen molar-refractivity contribution in [3.8, 4) is 16.9 Å². The summed E-state index contributed by atoms with van der Waals surface area (Å²) in [6.07, 6.45) is 0.246. The third-order valence-electron chi connectivity index (χ3n) is 5.49. The number of nitrogens with zero attached hydrogens (tertiary/aromatic N) is 2. The number of halogens is 1. The van der Waals surface area contributed by atoms with Crippen molar-refractivity contribution in [1.82, 2.24) is 9.78 Å². The third-order valence-corrected chi connectivity index (χ3v) is 5.49. The smallest absolute Gasteiger partial charge is 0.226 e. The van der Waals surface area contributed by atoms with Gasteiger partial charge in [0.2, 0.25) is 5.91 Å². The van der Waals surface area contributed by atoms with Gasteiger partial charge in [-0.1, -0.05) is 60.2 Å². The molecule has 5 heteroatoms. The van der Waals surface area contributed by atoms with E-state index in [0.29, 0.717) is 5.82 Å². The average molecular weight is 397 g/mol. The summed E-state index contributed by atoms with van der Waals surface area (Å²) in [6, 6.07) is 24.4. The lowest BCUT2D eigenvalue weighted by atomic mass is 9.84. The Kier molecular flexibility index (Phi) is 4.43. The molecule has 0 saturated heterocycles. The lowest BCUT2D eigenvalue weighted by molar-refractivity contribution is -0.116. The van der Waals surface area contributed by atoms with E-state index in [1.807, 2.05) is 67.6 Å². The van der Waals surface area contributed by atoms with Gasteiger partial charge in [-0.15, -0.1) is 0 Å². The summed E-state index contributed by atoms with van der Waals surface area (Å²) in [6.45, 7) is 2.03. The van der Waals surface area contributed by atoms with Crippen LogP contribution in [-0.4, -0.2) is 15.7 Å². The van der Waals surface area contributed by atoms with Crippen LogP contribution in [-0.2, 0) is 4.79 Å². The standard InChI is InChI=1S/C25H20FN3O/c1-16-10-12-20(13-11-16)29-25-23(24(28-29)17-6-3-2-4-7-17)21(15-22(30)27-25)18-8-5-9-19(26)14-18/h2-14,21H,15H2,1H3,(H,27,30)/t21-/m0/s1. The second-order valence-electron chi connectivity index (χ2n) is 7.58. The molecule has 5 rings (SSSR count). The van der Waals surface area contributed by atoms with Gasteiger partial charge in [0.25, 0.3) is 0 Å². The van der Waals surface area contributed by atoms with Crippen LogP contribution >= 0.6 is 0 Å². The Morgan fingerprint density at radius 1 is 1.00 bits per heavy atom. The number of anilines is 1. The molecule has 148 valence electrons. The number of hydrogen-bond donors (Lipinski definition) is 1. The van der Waals surface area contributed by atoms with Gasteiger partial charge in [-0.25, -0.2) is 9.07 Å². The molecule has 0 spiro atoms. The number of carbonyl (C=O) groups is 1. The Balaban J connectivity index is 1.77. The van der Waals surface area contributed by atoms with E-state index >= 15 is 0 Å². The number of benzene rings is 3. The molecule has 1 aliphatic heterocycles. The van der Waals surface area contributed by atoms with E-state index in [4.69, 9.17) is 5.10 Å². The van der Waals surface area contributed by atoms with Crippen LogP contribution in [0.3, 0.4) is 0 Å².